The molecule has 9 heteroatoms. The number of rotatable bonds is 6. The maximum absolute atomic E-state index is 10.6. The molecule has 5 rings (SSSR count). The number of benzene rings is 3. The summed E-state index contributed by atoms with van der Waals surface area (Å²) >= 11 is 0. The molecule has 210 valence electrons. The molecule has 41 heavy (non-hydrogen) atoms. The van der Waals surface area contributed by atoms with Crippen molar-refractivity contribution in [2.24, 2.45) is 0 Å². The highest BCUT2D eigenvalue weighted by Crippen LogP contribution is 2.30. The van der Waals surface area contributed by atoms with Gasteiger partial charge in [-0.2, -0.15) is 13.2 Å². The molecule has 5 aromatic rings. The van der Waals surface area contributed by atoms with Crippen LogP contribution in [0, 0.1) is 6.92 Å². The second kappa shape index (κ2) is 12.6. The van der Waals surface area contributed by atoms with E-state index in [9.17, 15) is 13.2 Å². The third kappa shape index (κ3) is 7.45. The minimum Gasteiger partial charge on any atom is -0.475 e. The minimum atomic E-state index is -5.08. The van der Waals surface area contributed by atoms with E-state index in [1.54, 1.807) is 0 Å². The minimum absolute atomic E-state index is 0.393. The highest BCUT2D eigenvalue weighted by molar-refractivity contribution is 5.90. The molecule has 0 aliphatic rings. The first-order chi connectivity index (χ1) is 19.5. The van der Waals surface area contributed by atoms with E-state index in [1.807, 2.05) is 37.4 Å². The lowest BCUT2D eigenvalue weighted by atomic mass is 9.97. The molecule has 0 saturated heterocycles. The fourth-order valence-electron chi connectivity index (χ4n) is 4.18. The van der Waals surface area contributed by atoms with Crippen LogP contribution in [-0.2, 0) is 11.3 Å². The summed E-state index contributed by atoms with van der Waals surface area (Å²) in [7, 11) is 0. The Morgan fingerprint density at radius 2 is 1.51 bits per heavy atom. The molecule has 2 aromatic heterocycles. The van der Waals surface area contributed by atoms with Crippen LogP contribution in [0.1, 0.15) is 36.6 Å². The average molecular weight is 559 g/mol. The van der Waals surface area contributed by atoms with Crippen LogP contribution >= 0.6 is 0 Å². The van der Waals surface area contributed by atoms with Crippen molar-refractivity contribution in [1.82, 2.24) is 15.0 Å². The summed E-state index contributed by atoms with van der Waals surface area (Å²) in [5.41, 5.74) is 7.78. The predicted octanol–water partition coefficient (Wildman–Crippen LogP) is 8.04. The molecule has 0 amide bonds. The van der Waals surface area contributed by atoms with Gasteiger partial charge in [-0.15, -0.1) is 0 Å². The number of carbonyl (C=O) groups is 1. The molecular weight excluding hydrogens is 529 g/mol. The third-order valence-corrected chi connectivity index (χ3v) is 6.33. The molecule has 3 aromatic carbocycles. The summed E-state index contributed by atoms with van der Waals surface area (Å²) in [6, 6.07) is 29.3. The molecular formula is C32H29F3N4O2. The third-order valence-electron chi connectivity index (χ3n) is 6.33. The van der Waals surface area contributed by atoms with Gasteiger partial charge < -0.3 is 10.4 Å². The predicted molar refractivity (Wildman–Crippen MR) is 154 cm³/mol. The number of hydrogen-bond acceptors (Lipinski definition) is 5. The van der Waals surface area contributed by atoms with E-state index in [0.717, 1.165) is 44.9 Å². The van der Waals surface area contributed by atoms with Gasteiger partial charge in [-0.1, -0.05) is 80.6 Å². The van der Waals surface area contributed by atoms with Gasteiger partial charge in [0, 0.05) is 34.9 Å². The quantitative estimate of drug-likeness (QED) is 0.219. The summed E-state index contributed by atoms with van der Waals surface area (Å²) in [4.78, 5) is 23.2. The Labute approximate surface area is 236 Å². The Kier molecular flexibility index (Phi) is 8.97. The Balaban J connectivity index is 0.000000493. The second-order valence-corrected chi connectivity index (χ2v) is 9.70. The van der Waals surface area contributed by atoms with Crippen molar-refractivity contribution in [1.29, 1.82) is 0 Å². The van der Waals surface area contributed by atoms with E-state index in [0.29, 0.717) is 12.5 Å². The summed E-state index contributed by atoms with van der Waals surface area (Å²) in [6.45, 7) is 7.09. The van der Waals surface area contributed by atoms with Gasteiger partial charge in [0.05, 0.1) is 5.52 Å². The maximum atomic E-state index is 10.6. The van der Waals surface area contributed by atoms with E-state index >= 15 is 0 Å². The number of aliphatic carboxylic acids is 1. The molecule has 2 heterocycles. The van der Waals surface area contributed by atoms with Gasteiger partial charge in [0.15, 0.2) is 5.82 Å². The van der Waals surface area contributed by atoms with Crippen LogP contribution < -0.4 is 5.32 Å². The van der Waals surface area contributed by atoms with Gasteiger partial charge in [0.1, 0.15) is 5.82 Å². The number of halogens is 3. The molecule has 2 N–H and O–H groups in total. The van der Waals surface area contributed by atoms with Crippen molar-refractivity contribution in [3.8, 4) is 22.5 Å². The second-order valence-electron chi connectivity index (χ2n) is 9.70. The first-order valence-electron chi connectivity index (χ1n) is 12.9. The van der Waals surface area contributed by atoms with Crippen molar-refractivity contribution < 1.29 is 23.1 Å². The lowest BCUT2D eigenvalue weighted by Gasteiger charge is -2.15. The number of hydrogen-bond donors (Lipinski definition) is 2. The molecule has 0 bridgehead atoms. The highest BCUT2D eigenvalue weighted by Gasteiger charge is 2.38. The van der Waals surface area contributed by atoms with Gasteiger partial charge in [0.2, 0.25) is 0 Å². The zero-order valence-corrected chi connectivity index (χ0v) is 22.8. The number of carboxylic acids is 1. The van der Waals surface area contributed by atoms with Crippen molar-refractivity contribution in [2.45, 2.75) is 39.4 Å². The summed E-state index contributed by atoms with van der Waals surface area (Å²) < 4.78 is 31.7. The van der Waals surface area contributed by atoms with Gasteiger partial charge in [0.25, 0.3) is 0 Å². The van der Waals surface area contributed by atoms with Crippen LogP contribution in [-0.4, -0.2) is 32.2 Å². The van der Waals surface area contributed by atoms with Crippen LogP contribution in [0.5, 0.6) is 0 Å². The number of para-hydroxylation sites is 1. The molecule has 0 aliphatic carbocycles. The topological polar surface area (TPSA) is 88.0 Å². The van der Waals surface area contributed by atoms with Gasteiger partial charge in [-0.3, -0.25) is 4.98 Å². The molecule has 0 radical (unpaired) electrons. The normalized spacial score (nSPS) is 11.2. The summed E-state index contributed by atoms with van der Waals surface area (Å²) in [5, 5.41) is 11.7. The Bertz CT molecular complexity index is 1630. The number of alkyl halides is 3. The largest absolute Gasteiger partial charge is 0.490 e. The van der Waals surface area contributed by atoms with E-state index in [2.05, 4.69) is 84.8 Å². The lowest BCUT2D eigenvalue weighted by molar-refractivity contribution is -0.192. The number of pyridine rings is 1. The first kappa shape index (κ1) is 29.2. The van der Waals surface area contributed by atoms with Gasteiger partial charge >= 0.3 is 12.1 Å². The van der Waals surface area contributed by atoms with Crippen LogP contribution in [0.3, 0.4) is 0 Å². The Morgan fingerprint density at radius 3 is 2.15 bits per heavy atom. The zero-order valence-electron chi connectivity index (χ0n) is 22.8. The van der Waals surface area contributed by atoms with E-state index < -0.39 is 12.1 Å². The fourth-order valence-corrected chi connectivity index (χ4v) is 4.18. The SMILES string of the molecule is Cc1ccc(-c2ccc(CNc3nc(-c4ccccc4C(C)C)nc4ccccc34)cc2)cn1.O=C(O)C(F)(F)F. The number of aryl methyl sites for hydroxylation is 1. The number of nitrogens with zero attached hydrogens (tertiary/aromatic N) is 3. The molecule has 0 aliphatic heterocycles. The van der Waals surface area contributed by atoms with Gasteiger partial charge in [-0.25, -0.2) is 14.8 Å². The van der Waals surface area contributed by atoms with Crippen LogP contribution in [0.4, 0.5) is 19.0 Å². The highest BCUT2D eigenvalue weighted by atomic mass is 19.4. The average Bonchev–Trinajstić information content (AvgIpc) is 2.96. The molecule has 6 nitrogen and oxygen atoms in total. The standard InChI is InChI=1S/C30H28N4.C2HF3O2/c1-20(2)25-8-4-5-9-26(25)30-33-28-11-7-6-10-27(28)29(34-30)32-18-22-13-16-23(17-14-22)24-15-12-21(3)31-19-24;3-2(4,5)1(6)7/h4-17,19-20H,18H2,1-3H3,(H,32,33,34);(H,6,7). The molecule has 0 spiro atoms. The first-order valence-corrected chi connectivity index (χ1v) is 12.9. The van der Waals surface area contributed by atoms with E-state index in [-0.39, 0.29) is 0 Å². The number of anilines is 1. The molecule has 0 saturated carbocycles. The molecule has 0 atom stereocenters. The van der Waals surface area contributed by atoms with E-state index in [4.69, 9.17) is 19.9 Å². The number of nitrogens with one attached hydrogen (secondary N) is 1. The summed E-state index contributed by atoms with van der Waals surface area (Å²) in [6.07, 6.45) is -3.16. The molecule has 0 unspecified atom stereocenters. The smallest absolute Gasteiger partial charge is 0.475 e. The van der Waals surface area contributed by atoms with Crippen LogP contribution in [0.2, 0.25) is 0 Å². The Hall–Kier alpha value is -4.79. The van der Waals surface area contributed by atoms with Crippen molar-refractivity contribution in [2.75, 3.05) is 5.32 Å². The zero-order chi connectivity index (χ0) is 29.6. The number of aromatic nitrogens is 3. The molecule has 0 fully saturated rings. The summed E-state index contributed by atoms with van der Waals surface area (Å²) in [5.74, 6) is -0.754. The van der Waals surface area contributed by atoms with Crippen LogP contribution in [0.25, 0.3) is 33.4 Å². The van der Waals surface area contributed by atoms with Crippen molar-refractivity contribution in [3.05, 3.63) is 108 Å². The maximum Gasteiger partial charge on any atom is 0.490 e. The number of carboxylic acid groups (broad SMARTS) is 1. The Morgan fingerprint density at radius 1 is 0.878 bits per heavy atom. The number of fused-ring (bicyclic) bond motifs is 1. The van der Waals surface area contributed by atoms with Gasteiger partial charge in [-0.05, 0) is 47.7 Å². The fraction of sp³-hybridized carbons (Fsp3) is 0.188. The van der Waals surface area contributed by atoms with E-state index in [1.165, 1.54) is 11.1 Å². The lowest BCUT2D eigenvalue weighted by Crippen LogP contribution is -2.21. The van der Waals surface area contributed by atoms with Crippen molar-refractivity contribution in [3.63, 3.8) is 0 Å². The van der Waals surface area contributed by atoms with Crippen LogP contribution in [0.15, 0.2) is 91.1 Å². The monoisotopic (exact) mass is 558 g/mol. The van der Waals surface area contributed by atoms with Crippen molar-refractivity contribution >= 4 is 22.7 Å².